The maximum atomic E-state index is 13.9. The number of hydrogen-bond acceptors (Lipinski definition) is 10. The van der Waals surface area contributed by atoms with Gasteiger partial charge >= 0.3 is 5.97 Å². The summed E-state index contributed by atoms with van der Waals surface area (Å²) in [6.07, 6.45) is 0. The standard InChI is InChI=1S/C23H25N5O7S/c1-4-34-16(29)11-26-22(31)19(15-9-8-12(2)35-15)28(13-6-5-7-14(10-13)33-3)23(32)20-17(24)18(21(25)30)27-36-20/h5-10,19H,4,11,24H2,1-3H3,(H2,25,30)(H,26,31). The lowest BCUT2D eigenvalue weighted by Gasteiger charge is -2.29. The molecule has 2 heterocycles. The number of amides is 3. The van der Waals surface area contributed by atoms with Gasteiger partial charge < -0.3 is 30.7 Å². The predicted molar refractivity (Wildman–Crippen MR) is 131 cm³/mol. The molecule has 1 unspecified atom stereocenters. The van der Waals surface area contributed by atoms with Crippen LogP contribution in [0.3, 0.4) is 0 Å². The lowest BCUT2D eigenvalue weighted by atomic mass is 10.1. The number of primary amides is 1. The molecule has 0 fully saturated rings. The van der Waals surface area contributed by atoms with Gasteiger partial charge in [0.1, 0.15) is 28.7 Å². The monoisotopic (exact) mass is 515 g/mol. The van der Waals surface area contributed by atoms with Gasteiger partial charge in [-0.05, 0) is 49.6 Å². The SMILES string of the molecule is CCOC(=O)CNC(=O)C(c1ccc(C)o1)N(C(=O)c1snc(C(N)=O)c1N)c1cccc(OC)c1. The number of furan rings is 1. The summed E-state index contributed by atoms with van der Waals surface area (Å²) in [5, 5.41) is 2.48. The lowest BCUT2D eigenvalue weighted by molar-refractivity contribution is -0.143. The average Bonchev–Trinajstić information content (AvgIpc) is 3.46. The fraction of sp³-hybridized carbons (Fsp3) is 0.261. The molecule has 0 spiro atoms. The van der Waals surface area contributed by atoms with E-state index in [4.69, 9.17) is 25.4 Å². The van der Waals surface area contributed by atoms with Crippen LogP contribution in [0.25, 0.3) is 0 Å². The van der Waals surface area contributed by atoms with Crippen LogP contribution < -0.4 is 26.4 Å². The molecule has 12 nitrogen and oxygen atoms in total. The zero-order chi connectivity index (χ0) is 26.4. The Morgan fingerprint density at radius 3 is 2.56 bits per heavy atom. The van der Waals surface area contributed by atoms with Gasteiger partial charge in [0, 0.05) is 11.8 Å². The number of nitrogens with zero attached hydrogens (tertiary/aromatic N) is 2. The highest BCUT2D eigenvalue weighted by molar-refractivity contribution is 7.09. The summed E-state index contributed by atoms with van der Waals surface area (Å²) in [4.78, 5) is 51.9. The Labute approximate surface area is 210 Å². The van der Waals surface area contributed by atoms with Gasteiger partial charge in [0.05, 0.1) is 19.4 Å². The summed E-state index contributed by atoms with van der Waals surface area (Å²) < 4.78 is 19.8. The molecule has 2 aromatic heterocycles. The number of nitrogen functional groups attached to an aromatic ring is 1. The third-order valence-electron chi connectivity index (χ3n) is 4.96. The van der Waals surface area contributed by atoms with Crippen molar-refractivity contribution in [3.05, 3.63) is 58.5 Å². The number of hydrogen-bond donors (Lipinski definition) is 3. The van der Waals surface area contributed by atoms with Gasteiger partial charge in [0.15, 0.2) is 11.7 Å². The summed E-state index contributed by atoms with van der Waals surface area (Å²) in [7, 11) is 1.45. The molecule has 3 amide bonds. The molecule has 1 aromatic carbocycles. The Bertz CT molecular complexity index is 1290. The summed E-state index contributed by atoms with van der Waals surface area (Å²) >= 11 is 0.665. The third-order valence-corrected chi connectivity index (χ3v) is 5.81. The molecule has 3 aromatic rings. The molecule has 5 N–H and O–H groups in total. The first-order valence-corrected chi connectivity index (χ1v) is 11.5. The Kier molecular flexibility index (Phi) is 8.27. The molecule has 0 aliphatic carbocycles. The van der Waals surface area contributed by atoms with Crippen LogP contribution in [0.1, 0.15) is 44.6 Å². The van der Waals surface area contributed by atoms with Crippen LogP contribution in [0, 0.1) is 6.92 Å². The number of ether oxygens (including phenoxy) is 2. The number of rotatable bonds is 10. The quantitative estimate of drug-likeness (QED) is 0.339. The number of carbonyl (C=O) groups excluding carboxylic acids is 4. The summed E-state index contributed by atoms with van der Waals surface area (Å²) in [6.45, 7) is 3.01. The topological polar surface area (TPSA) is 180 Å². The van der Waals surface area contributed by atoms with Crippen LogP contribution in [0.15, 0.2) is 40.8 Å². The third kappa shape index (κ3) is 5.63. The molecule has 190 valence electrons. The van der Waals surface area contributed by atoms with E-state index in [2.05, 4.69) is 9.69 Å². The van der Waals surface area contributed by atoms with Crippen LogP contribution in [0.2, 0.25) is 0 Å². The molecular formula is C23H25N5O7S. The van der Waals surface area contributed by atoms with Crippen molar-refractivity contribution < 1.29 is 33.1 Å². The second-order valence-corrected chi connectivity index (χ2v) is 8.16. The second-order valence-electron chi connectivity index (χ2n) is 7.39. The minimum Gasteiger partial charge on any atom is -0.497 e. The van der Waals surface area contributed by atoms with E-state index in [1.165, 1.54) is 19.2 Å². The van der Waals surface area contributed by atoms with Crippen molar-refractivity contribution in [2.45, 2.75) is 19.9 Å². The van der Waals surface area contributed by atoms with Gasteiger partial charge in [0.2, 0.25) is 0 Å². The first-order chi connectivity index (χ1) is 17.2. The Morgan fingerprint density at radius 2 is 1.97 bits per heavy atom. The van der Waals surface area contributed by atoms with Crippen molar-refractivity contribution in [2.75, 3.05) is 30.9 Å². The van der Waals surface area contributed by atoms with Gasteiger partial charge in [-0.1, -0.05) is 6.07 Å². The Hall–Kier alpha value is -4.39. The molecule has 0 saturated heterocycles. The molecule has 13 heteroatoms. The average molecular weight is 516 g/mol. The van der Waals surface area contributed by atoms with E-state index in [9.17, 15) is 19.2 Å². The largest absolute Gasteiger partial charge is 0.497 e. The van der Waals surface area contributed by atoms with Gasteiger partial charge in [-0.15, -0.1) is 0 Å². The van der Waals surface area contributed by atoms with E-state index in [-0.39, 0.29) is 34.3 Å². The van der Waals surface area contributed by atoms with Crippen molar-refractivity contribution in [1.29, 1.82) is 0 Å². The maximum absolute atomic E-state index is 13.9. The Balaban J connectivity index is 2.15. The van der Waals surface area contributed by atoms with Crippen molar-refractivity contribution in [1.82, 2.24) is 9.69 Å². The number of aryl methyl sites for hydroxylation is 1. The fourth-order valence-electron chi connectivity index (χ4n) is 3.32. The van der Waals surface area contributed by atoms with E-state index < -0.39 is 36.3 Å². The number of methoxy groups -OCH3 is 1. The van der Waals surface area contributed by atoms with Crippen molar-refractivity contribution in [2.24, 2.45) is 5.73 Å². The number of nitrogens with one attached hydrogen (secondary N) is 1. The van der Waals surface area contributed by atoms with Crippen molar-refractivity contribution in [3.63, 3.8) is 0 Å². The van der Waals surface area contributed by atoms with E-state index in [0.717, 1.165) is 4.90 Å². The molecule has 1 atom stereocenters. The smallest absolute Gasteiger partial charge is 0.325 e. The van der Waals surface area contributed by atoms with Crippen LogP contribution >= 0.6 is 11.5 Å². The first-order valence-electron chi connectivity index (χ1n) is 10.7. The molecule has 0 bridgehead atoms. The molecule has 3 rings (SSSR count). The highest BCUT2D eigenvalue weighted by Gasteiger charge is 2.38. The second kappa shape index (κ2) is 11.4. The number of carbonyl (C=O) groups is 4. The molecule has 0 radical (unpaired) electrons. The first kappa shape index (κ1) is 26.2. The van der Waals surface area contributed by atoms with Crippen LogP contribution in [0.4, 0.5) is 11.4 Å². The van der Waals surface area contributed by atoms with Gasteiger partial charge in [-0.2, -0.15) is 4.37 Å². The molecule has 0 aliphatic heterocycles. The van der Waals surface area contributed by atoms with Gasteiger partial charge in [-0.3, -0.25) is 24.1 Å². The predicted octanol–water partition coefficient (Wildman–Crippen LogP) is 1.80. The minimum absolute atomic E-state index is 0.113. The van der Waals surface area contributed by atoms with Gasteiger partial charge in [0.25, 0.3) is 17.7 Å². The van der Waals surface area contributed by atoms with Crippen LogP contribution in [-0.2, 0) is 14.3 Å². The molecule has 36 heavy (non-hydrogen) atoms. The van der Waals surface area contributed by atoms with Crippen molar-refractivity contribution >= 4 is 46.6 Å². The van der Waals surface area contributed by atoms with Crippen LogP contribution in [0.5, 0.6) is 5.75 Å². The minimum atomic E-state index is -1.38. The van der Waals surface area contributed by atoms with E-state index in [0.29, 0.717) is 23.0 Å². The van der Waals surface area contributed by atoms with Gasteiger partial charge in [-0.25, -0.2) is 0 Å². The number of esters is 1. The molecule has 0 saturated carbocycles. The number of benzene rings is 1. The number of aromatic nitrogens is 1. The summed E-state index contributed by atoms with van der Waals surface area (Å²) in [5.41, 5.74) is 11.1. The lowest BCUT2D eigenvalue weighted by Crippen LogP contribution is -2.45. The highest BCUT2D eigenvalue weighted by Crippen LogP contribution is 2.35. The zero-order valence-corrected chi connectivity index (χ0v) is 20.6. The zero-order valence-electron chi connectivity index (χ0n) is 19.8. The number of nitrogens with two attached hydrogens (primary N) is 2. The van der Waals surface area contributed by atoms with Crippen LogP contribution in [-0.4, -0.2) is 48.3 Å². The molecule has 0 aliphatic rings. The maximum Gasteiger partial charge on any atom is 0.325 e. The van der Waals surface area contributed by atoms with E-state index in [1.54, 1.807) is 38.1 Å². The Morgan fingerprint density at radius 1 is 1.22 bits per heavy atom. The summed E-state index contributed by atoms with van der Waals surface area (Å²) in [6, 6.07) is 8.17. The number of anilines is 2. The normalized spacial score (nSPS) is 11.4. The van der Waals surface area contributed by atoms with E-state index >= 15 is 0 Å². The molecular weight excluding hydrogens is 490 g/mol. The van der Waals surface area contributed by atoms with Crippen molar-refractivity contribution in [3.8, 4) is 5.75 Å². The van der Waals surface area contributed by atoms with E-state index in [1.807, 2.05) is 0 Å². The highest BCUT2D eigenvalue weighted by atomic mass is 32.1. The fourth-order valence-corrected chi connectivity index (χ4v) is 4.07. The summed E-state index contributed by atoms with van der Waals surface area (Å²) in [5.74, 6) is -2.04.